The molecule has 1 unspecified atom stereocenters. The third-order valence-corrected chi connectivity index (χ3v) is 2.68. The molecular weight excluding hydrogens is 194 g/mol. The number of ether oxygens (including phenoxy) is 1. The molecule has 0 N–H and O–H groups in total. The van der Waals surface area contributed by atoms with Crippen molar-refractivity contribution in [3.8, 4) is 0 Å². The second-order valence-corrected chi connectivity index (χ2v) is 3.16. The van der Waals surface area contributed by atoms with Crippen LogP contribution in [0.25, 0.3) is 0 Å². The molecule has 0 aromatic carbocycles. The van der Waals surface area contributed by atoms with Gasteiger partial charge in [-0.15, -0.1) is 0 Å². The van der Waals surface area contributed by atoms with Gasteiger partial charge in [0.25, 0.3) is 0 Å². The molecule has 1 fully saturated rings. The van der Waals surface area contributed by atoms with Gasteiger partial charge in [0.05, 0.1) is 13.2 Å². The van der Waals surface area contributed by atoms with Gasteiger partial charge in [0.2, 0.25) is 0 Å². The van der Waals surface area contributed by atoms with Crippen LogP contribution in [0.15, 0.2) is 0 Å². The molecule has 0 spiro atoms. The number of rotatable bonds is 2. The number of halogens is 1. The van der Waals surface area contributed by atoms with Gasteiger partial charge in [-0.25, -0.2) is 0 Å². The summed E-state index contributed by atoms with van der Waals surface area (Å²) in [5.41, 5.74) is 0. The molecule has 1 atom stereocenters. The summed E-state index contributed by atoms with van der Waals surface area (Å²) in [5, 5.41) is 1.03. The third kappa shape index (κ3) is 1.94. The predicted octanol–water partition coefficient (Wildman–Crippen LogP) is 1.10. The topological polar surface area (TPSA) is 12.5 Å². The van der Waals surface area contributed by atoms with E-state index >= 15 is 0 Å². The molecule has 0 aliphatic carbocycles. The van der Waals surface area contributed by atoms with Crippen LogP contribution in [0.1, 0.15) is 6.92 Å². The van der Waals surface area contributed by atoms with Gasteiger partial charge in [0, 0.05) is 17.9 Å². The molecular formula is C7H14BrNO. The Labute approximate surface area is 70.7 Å². The second-order valence-electron chi connectivity index (χ2n) is 2.51. The molecule has 10 heavy (non-hydrogen) atoms. The maximum absolute atomic E-state index is 5.33. The van der Waals surface area contributed by atoms with Crippen molar-refractivity contribution in [1.29, 1.82) is 0 Å². The lowest BCUT2D eigenvalue weighted by Crippen LogP contribution is -2.46. The first-order valence-corrected chi connectivity index (χ1v) is 4.88. The van der Waals surface area contributed by atoms with Crippen molar-refractivity contribution >= 4 is 15.9 Å². The molecule has 2 nitrogen and oxygen atoms in total. The van der Waals surface area contributed by atoms with Crippen LogP contribution in [0.2, 0.25) is 0 Å². The number of alkyl halides is 1. The number of nitrogens with zero attached hydrogens (tertiary/aromatic N) is 1. The van der Waals surface area contributed by atoms with Crippen molar-refractivity contribution in [1.82, 2.24) is 4.90 Å². The van der Waals surface area contributed by atoms with E-state index in [1.165, 1.54) is 0 Å². The van der Waals surface area contributed by atoms with Gasteiger partial charge in [-0.3, -0.25) is 4.90 Å². The van der Waals surface area contributed by atoms with E-state index in [-0.39, 0.29) is 0 Å². The molecule has 1 aliphatic heterocycles. The Kier molecular flexibility index (Phi) is 3.66. The number of morpholine rings is 1. The summed E-state index contributed by atoms with van der Waals surface area (Å²) >= 11 is 3.47. The average Bonchev–Trinajstić information content (AvgIpc) is 2.04. The molecule has 0 bridgehead atoms. The minimum Gasteiger partial charge on any atom is -0.378 e. The van der Waals surface area contributed by atoms with Crippen LogP contribution in [0.3, 0.4) is 0 Å². The third-order valence-electron chi connectivity index (χ3n) is 1.93. The van der Waals surface area contributed by atoms with E-state index in [9.17, 15) is 0 Å². The number of likely N-dealkylation sites (N-methyl/N-ethyl adjacent to an activating group) is 1. The van der Waals surface area contributed by atoms with Crippen molar-refractivity contribution in [2.45, 2.75) is 13.0 Å². The molecule has 1 saturated heterocycles. The standard InChI is InChI=1S/C7H14BrNO/c1-2-9-3-4-10-6-7(9)5-8/h7H,2-6H2,1H3. The van der Waals surface area contributed by atoms with Crippen LogP contribution in [0.4, 0.5) is 0 Å². The predicted molar refractivity (Wildman–Crippen MR) is 45.6 cm³/mol. The minimum absolute atomic E-state index is 0.596. The van der Waals surface area contributed by atoms with Crippen LogP contribution in [-0.2, 0) is 4.74 Å². The summed E-state index contributed by atoms with van der Waals surface area (Å²) < 4.78 is 5.33. The monoisotopic (exact) mass is 207 g/mol. The highest BCUT2D eigenvalue weighted by Crippen LogP contribution is 2.07. The van der Waals surface area contributed by atoms with Gasteiger partial charge >= 0.3 is 0 Å². The smallest absolute Gasteiger partial charge is 0.0630 e. The average molecular weight is 208 g/mol. The normalized spacial score (nSPS) is 28.8. The fraction of sp³-hybridized carbons (Fsp3) is 1.00. The first-order chi connectivity index (χ1) is 4.88. The van der Waals surface area contributed by atoms with Crippen molar-refractivity contribution in [3.05, 3.63) is 0 Å². The quantitative estimate of drug-likeness (QED) is 0.630. The zero-order valence-corrected chi connectivity index (χ0v) is 7.93. The van der Waals surface area contributed by atoms with E-state index in [2.05, 4.69) is 27.8 Å². The Hall–Kier alpha value is 0.400. The largest absolute Gasteiger partial charge is 0.378 e. The maximum Gasteiger partial charge on any atom is 0.0630 e. The Morgan fingerprint density at radius 2 is 2.50 bits per heavy atom. The molecule has 3 heteroatoms. The first-order valence-electron chi connectivity index (χ1n) is 3.76. The molecule has 0 amide bonds. The van der Waals surface area contributed by atoms with Gasteiger partial charge in [-0.1, -0.05) is 22.9 Å². The van der Waals surface area contributed by atoms with E-state index < -0.39 is 0 Å². The summed E-state index contributed by atoms with van der Waals surface area (Å²) in [5.74, 6) is 0. The van der Waals surface area contributed by atoms with E-state index in [1.54, 1.807) is 0 Å². The molecule has 1 heterocycles. The lowest BCUT2D eigenvalue weighted by molar-refractivity contribution is 0.00467. The molecule has 0 aromatic rings. The van der Waals surface area contributed by atoms with Crippen molar-refractivity contribution in [2.75, 3.05) is 31.6 Å². The van der Waals surface area contributed by atoms with Crippen LogP contribution in [-0.4, -0.2) is 42.6 Å². The zero-order valence-electron chi connectivity index (χ0n) is 6.35. The van der Waals surface area contributed by atoms with E-state index in [0.717, 1.165) is 31.6 Å². The highest BCUT2D eigenvalue weighted by molar-refractivity contribution is 9.09. The summed E-state index contributed by atoms with van der Waals surface area (Å²) in [6, 6.07) is 0.596. The second kappa shape index (κ2) is 4.31. The summed E-state index contributed by atoms with van der Waals surface area (Å²) in [7, 11) is 0. The van der Waals surface area contributed by atoms with Crippen LogP contribution in [0.5, 0.6) is 0 Å². The van der Waals surface area contributed by atoms with Gasteiger partial charge in [-0.2, -0.15) is 0 Å². The number of hydrogen-bond acceptors (Lipinski definition) is 2. The van der Waals surface area contributed by atoms with Crippen LogP contribution >= 0.6 is 15.9 Å². The fourth-order valence-corrected chi connectivity index (χ4v) is 1.84. The van der Waals surface area contributed by atoms with Gasteiger partial charge < -0.3 is 4.74 Å². The summed E-state index contributed by atoms with van der Waals surface area (Å²) in [6.07, 6.45) is 0. The van der Waals surface area contributed by atoms with Crippen LogP contribution in [0, 0.1) is 0 Å². The summed E-state index contributed by atoms with van der Waals surface area (Å²) in [4.78, 5) is 2.44. The Balaban J connectivity index is 2.34. The van der Waals surface area contributed by atoms with Gasteiger partial charge in [0.1, 0.15) is 0 Å². The first kappa shape index (κ1) is 8.50. The van der Waals surface area contributed by atoms with Crippen LogP contribution < -0.4 is 0 Å². The van der Waals surface area contributed by atoms with Crippen molar-refractivity contribution in [2.24, 2.45) is 0 Å². The fourth-order valence-electron chi connectivity index (χ4n) is 1.25. The lowest BCUT2D eigenvalue weighted by Gasteiger charge is -2.33. The zero-order chi connectivity index (χ0) is 7.40. The Morgan fingerprint density at radius 3 is 3.00 bits per heavy atom. The van der Waals surface area contributed by atoms with Crippen molar-refractivity contribution < 1.29 is 4.74 Å². The summed E-state index contributed by atoms with van der Waals surface area (Å²) in [6.45, 7) is 6.21. The SMILES string of the molecule is CCN1CCOCC1CBr. The molecule has 0 radical (unpaired) electrons. The van der Waals surface area contributed by atoms with E-state index in [0.29, 0.717) is 6.04 Å². The lowest BCUT2D eigenvalue weighted by atomic mass is 10.2. The number of hydrogen-bond donors (Lipinski definition) is 0. The highest BCUT2D eigenvalue weighted by Gasteiger charge is 2.19. The maximum atomic E-state index is 5.33. The Bertz CT molecular complexity index is 87.6. The minimum atomic E-state index is 0.596. The molecule has 0 aromatic heterocycles. The van der Waals surface area contributed by atoms with Crippen molar-refractivity contribution in [3.63, 3.8) is 0 Å². The molecule has 1 aliphatic rings. The highest BCUT2D eigenvalue weighted by atomic mass is 79.9. The van der Waals surface area contributed by atoms with E-state index in [4.69, 9.17) is 4.74 Å². The van der Waals surface area contributed by atoms with Gasteiger partial charge in [0.15, 0.2) is 0 Å². The molecule has 0 saturated carbocycles. The molecule has 60 valence electrons. The molecule has 1 rings (SSSR count). The van der Waals surface area contributed by atoms with E-state index in [1.807, 2.05) is 0 Å². The Morgan fingerprint density at radius 1 is 1.70 bits per heavy atom. The van der Waals surface area contributed by atoms with Gasteiger partial charge in [-0.05, 0) is 6.54 Å².